The molecule has 0 saturated heterocycles. The largest absolute Gasteiger partial charge is 0.490 e. The van der Waals surface area contributed by atoms with Gasteiger partial charge in [0, 0.05) is 31.5 Å². The summed E-state index contributed by atoms with van der Waals surface area (Å²) in [6.45, 7) is 4.47. The van der Waals surface area contributed by atoms with E-state index in [9.17, 15) is 19.6 Å². The van der Waals surface area contributed by atoms with E-state index in [0.29, 0.717) is 34.6 Å². The molecule has 1 heterocycles. The normalized spacial score (nSPS) is 12.2. The zero-order valence-electron chi connectivity index (χ0n) is 20.7. The van der Waals surface area contributed by atoms with Crippen molar-refractivity contribution in [2.75, 3.05) is 19.0 Å². The lowest BCUT2D eigenvalue weighted by molar-refractivity contribution is -0.111. The van der Waals surface area contributed by atoms with Crippen LogP contribution in [0.2, 0.25) is 0 Å². The van der Waals surface area contributed by atoms with Crippen LogP contribution in [0.3, 0.4) is 0 Å². The molecule has 3 rings (SSSR count). The van der Waals surface area contributed by atoms with Crippen LogP contribution in [0.4, 0.5) is 5.69 Å². The number of ether oxygens (including phenoxy) is 2. The van der Waals surface area contributed by atoms with Gasteiger partial charge in [-0.1, -0.05) is 18.2 Å². The summed E-state index contributed by atoms with van der Waals surface area (Å²) in [5.41, 5.74) is 0.524. The fourth-order valence-corrected chi connectivity index (χ4v) is 4.58. The van der Waals surface area contributed by atoms with Gasteiger partial charge in [-0.3, -0.25) is 14.2 Å². The minimum atomic E-state index is -1.09. The number of carbonyl (C=O) groups is 2. The maximum atomic E-state index is 13.4. The Morgan fingerprint density at radius 2 is 1.89 bits per heavy atom. The molecular weight excluding hydrogens is 494 g/mol. The molecule has 37 heavy (non-hydrogen) atoms. The van der Waals surface area contributed by atoms with Crippen LogP contribution in [-0.4, -0.2) is 41.4 Å². The molecule has 0 fully saturated rings. The van der Waals surface area contributed by atoms with Crippen LogP contribution in [-0.2, 0) is 16.1 Å². The van der Waals surface area contributed by atoms with Crippen molar-refractivity contribution in [1.29, 1.82) is 5.26 Å². The van der Waals surface area contributed by atoms with Gasteiger partial charge >= 0.3 is 5.97 Å². The molecule has 0 aliphatic heterocycles. The molecule has 0 radical (unpaired) electrons. The third-order valence-corrected chi connectivity index (χ3v) is 6.28. The number of methoxy groups -OCH3 is 1. The van der Waals surface area contributed by atoms with E-state index < -0.39 is 11.9 Å². The van der Waals surface area contributed by atoms with E-state index in [1.165, 1.54) is 28.8 Å². The van der Waals surface area contributed by atoms with Crippen LogP contribution in [0.5, 0.6) is 5.75 Å². The molecule has 0 saturated carbocycles. The summed E-state index contributed by atoms with van der Waals surface area (Å²) in [7, 11) is 1.55. The molecular formula is C27H27N3O6S. The number of carboxylic acid groups (broad SMARTS) is 1. The maximum Gasteiger partial charge on any atom is 0.335 e. The number of anilines is 1. The average molecular weight is 522 g/mol. The Balaban J connectivity index is 2.12. The summed E-state index contributed by atoms with van der Waals surface area (Å²) < 4.78 is 12.9. The quantitative estimate of drug-likeness (QED) is 0.392. The number of nitrogens with one attached hydrogen (secondary N) is 1. The molecule has 0 atom stereocenters. The second kappa shape index (κ2) is 12.7. The Kier molecular flexibility index (Phi) is 9.38. The molecule has 0 bridgehead atoms. The van der Waals surface area contributed by atoms with Crippen molar-refractivity contribution in [3.05, 3.63) is 79.2 Å². The van der Waals surface area contributed by atoms with Crippen LogP contribution < -0.4 is 24.8 Å². The van der Waals surface area contributed by atoms with Crippen LogP contribution in [0, 0.1) is 11.3 Å². The number of hydrogen-bond acceptors (Lipinski definition) is 7. The fraction of sp³-hybridized carbons (Fsp3) is 0.259. The zero-order valence-corrected chi connectivity index (χ0v) is 21.5. The number of amides is 1. The van der Waals surface area contributed by atoms with Gasteiger partial charge in [0.1, 0.15) is 16.5 Å². The van der Waals surface area contributed by atoms with Gasteiger partial charge < -0.3 is 19.9 Å². The molecule has 3 aromatic rings. The summed E-state index contributed by atoms with van der Waals surface area (Å²) >= 11 is 1.04. The summed E-state index contributed by atoms with van der Waals surface area (Å²) in [4.78, 5) is 37.5. The van der Waals surface area contributed by atoms with Crippen molar-refractivity contribution >= 4 is 40.5 Å². The third kappa shape index (κ3) is 6.94. The standard InChI is InChI=1S/C27H27N3O6S/c1-17(2)36-22-8-5-4-7-19(22)15-23-25(32)30(13-6-14-35-3)26(37-23)21(16-28)24(31)29-20-11-9-18(10-12-20)27(33)34/h4-5,7-12,15,17H,6,13-14H2,1-3H3,(H,29,31)(H,33,34)/b23-15-,26-21-. The number of nitriles is 1. The predicted octanol–water partition coefficient (Wildman–Crippen LogP) is 2.57. The molecule has 10 heteroatoms. The van der Waals surface area contributed by atoms with Gasteiger partial charge in [-0.25, -0.2) is 4.79 Å². The Morgan fingerprint density at radius 3 is 2.51 bits per heavy atom. The van der Waals surface area contributed by atoms with E-state index >= 15 is 0 Å². The number of hydrogen-bond donors (Lipinski definition) is 2. The van der Waals surface area contributed by atoms with Crippen molar-refractivity contribution in [3.63, 3.8) is 0 Å². The molecule has 0 spiro atoms. The third-order valence-electron chi connectivity index (χ3n) is 5.15. The molecule has 9 nitrogen and oxygen atoms in total. The van der Waals surface area contributed by atoms with Crippen molar-refractivity contribution in [3.8, 4) is 11.8 Å². The van der Waals surface area contributed by atoms with Gasteiger partial charge in [0.05, 0.1) is 16.2 Å². The van der Waals surface area contributed by atoms with Crippen molar-refractivity contribution in [2.45, 2.75) is 32.9 Å². The predicted molar refractivity (Wildman–Crippen MR) is 141 cm³/mol. The topological polar surface area (TPSA) is 131 Å². The highest BCUT2D eigenvalue weighted by atomic mass is 32.1. The van der Waals surface area contributed by atoms with E-state index in [2.05, 4.69) is 5.32 Å². The highest BCUT2D eigenvalue weighted by Crippen LogP contribution is 2.20. The van der Waals surface area contributed by atoms with Crippen LogP contribution in [0.1, 0.15) is 36.2 Å². The minimum absolute atomic E-state index is 0.0640. The van der Waals surface area contributed by atoms with Gasteiger partial charge in [-0.05, 0) is 56.7 Å². The molecule has 1 amide bonds. The van der Waals surface area contributed by atoms with Gasteiger partial charge in [-0.2, -0.15) is 5.26 Å². The molecule has 2 aromatic carbocycles. The fourth-order valence-electron chi connectivity index (χ4n) is 3.46. The number of thiazole rings is 1. The van der Waals surface area contributed by atoms with Crippen LogP contribution >= 0.6 is 11.3 Å². The van der Waals surface area contributed by atoms with Crippen LogP contribution in [0.15, 0.2) is 53.3 Å². The summed E-state index contributed by atoms with van der Waals surface area (Å²) in [6.07, 6.45) is 2.13. The molecule has 192 valence electrons. The van der Waals surface area contributed by atoms with Gasteiger partial charge in [0.2, 0.25) is 0 Å². The number of carboxylic acids is 1. The van der Waals surface area contributed by atoms with E-state index in [0.717, 1.165) is 11.3 Å². The Hall–Kier alpha value is -4.20. The second-order valence-corrected chi connectivity index (χ2v) is 9.28. The van der Waals surface area contributed by atoms with E-state index in [1.54, 1.807) is 13.2 Å². The van der Waals surface area contributed by atoms with E-state index in [4.69, 9.17) is 14.6 Å². The number of benzene rings is 2. The van der Waals surface area contributed by atoms with Crippen LogP contribution in [0.25, 0.3) is 11.6 Å². The highest BCUT2D eigenvalue weighted by molar-refractivity contribution is 7.07. The number of carbonyl (C=O) groups excluding carboxylic acids is 1. The lowest BCUT2D eigenvalue weighted by atomic mass is 10.2. The number of para-hydroxylation sites is 1. The summed E-state index contributed by atoms with van der Waals surface area (Å²) in [6, 6.07) is 14.8. The Morgan fingerprint density at radius 1 is 1.19 bits per heavy atom. The summed E-state index contributed by atoms with van der Waals surface area (Å²) in [5, 5.41) is 21.6. The number of aromatic carboxylic acids is 1. The highest BCUT2D eigenvalue weighted by Gasteiger charge is 2.17. The number of nitrogens with zero attached hydrogens (tertiary/aromatic N) is 2. The summed E-state index contributed by atoms with van der Waals surface area (Å²) in [5.74, 6) is -1.18. The lowest BCUT2D eigenvalue weighted by Crippen LogP contribution is -2.34. The lowest BCUT2D eigenvalue weighted by Gasteiger charge is -2.11. The number of aromatic nitrogens is 1. The van der Waals surface area contributed by atoms with Gasteiger partial charge in [-0.15, -0.1) is 11.3 Å². The molecule has 0 aliphatic rings. The van der Waals surface area contributed by atoms with Crippen molar-refractivity contribution in [2.24, 2.45) is 0 Å². The first-order chi connectivity index (χ1) is 17.7. The van der Waals surface area contributed by atoms with Crippen molar-refractivity contribution in [1.82, 2.24) is 4.57 Å². The van der Waals surface area contributed by atoms with E-state index in [-0.39, 0.29) is 34.0 Å². The maximum absolute atomic E-state index is 13.4. The van der Waals surface area contributed by atoms with Crippen molar-refractivity contribution < 1.29 is 24.2 Å². The van der Waals surface area contributed by atoms with Gasteiger partial charge in [0.25, 0.3) is 11.5 Å². The Bertz CT molecular complexity index is 1500. The first kappa shape index (κ1) is 27.4. The first-order valence-corrected chi connectivity index (χ1v) is 12.3. The minimum Gasteiger partial charge on any atom is -0.490 e. The van der Waals surface area contributed by atoms with Gasteiger partial charge in [0.15, 0.2) is 5.57 Å². The molecule has 1 aromatic heterocycles. The molecule has 2 N–H and O–H groups in total. The Labute approximate surface area is 217 Å². The molecule has 0 aliphatic carbocycles. The smallest absolute Gasteiger partial charge is 0.335 e. The zero-order chi connectivity index (χ0) is 26.9. The second-order valence-electron chi connectivity index (χ2n) is 8.25. The molecule has 0 unspecified atom stereocenters. The average Bonchev–Trinajstić information content (AvgIpc) is 3.15. The van der Waals surface area contributed by atoms with E-state index in [1.807, 2.05) is 44.2 Å². The SMILES string of the molecule is COCCCn1c(=O)/c(=C/c2ccccc2OC(C)C)s/c1=C(/C#N)C(=O)Nc1ccc(C(=O)O)cc1. The monoisotopic (exact) mass is 521 g/mol. The number of rotatable bonds is 10. The first-order valence-electron chi connectivity index (χ1n) is 11.5.